The molecule has 0 N–H and O–H groups in total. The van der Waals surface area contributed by atoms with Crippen molar-refractivity contribution in [3.8, 4) is 17.2 Å². The van der Waals surface area contributed by atoms with E-state index in [0.29, 0.717) is 37.1 Å². The lowest BCUT2D eigenvalue weighted by atomic mass is 10.3. The first-order valence-corrected chi connectivity index (χ1v) is 7.17. The topological polar surface area (TPSA) is 27.7 Å². The smallest absolute Gasteiger partial charge is 0.203 e. The Balaban J connectivity index is 2.81. The molecule has 0 amide bonds. The molecule has 1 aromatic rings. The fourth-order valence-corrected chi connectivity index (χ4v) is 1.61. The number of rotatable bonds is 12. The van der Waals surface area contributed by atoms with Gasteiger partial charge in [-0.1, -0.05) is 24.3 Å². The molecule has 3 nitrogen and oxygen atoms in total. The Labute approximate surface area is 127 Å². The summed E-state index contributed by atoms with van der Waals surface area (Å²) in [6.07, 6.45) is 7.80. The highest BCUT2D eigenvalue weighted by Gasteiger charge is 2.12. The van der Waals surface area contributed by atoms with Crippen LogP contribution >= 0.6 is 0 Å². The van der Waals surface area contributed by atoms with Gasteiger partial charge in [-0.15, -0.1) is 19.7 Å². The Bertz CT molecular complexity index is 420. The normalized spacial score (nSPS) is 9.71. The summed E-state index contributed by atoms with van der Waals surface area (Å²) in [4.78, 5) is 0. The zero-order valence-electron chi connectivity index (χ0n) is 12.6. The average molecular weight is 288 g/mol. The first-order valence-electron chi connectivity index (χ1n) is 7.17. The molecule has 0 unspecified atom stereocenters. The minimum absolute atomic E-state index is 0.545. The first-order chi connectivity index (χ1) is 10.3. The summed E-state index contributed by atoms with van der Waals surface area (Å²) in [6.45, 7) is 12.7. The largest absolute Gasteiger partial charge is 0.489 e. The maximum absolute atomic E-state index is 5.80. The van der Waals surface area contributed by atoms with Crippen molar-refractivity contribution in [3.63, 3.8) is 0 Å². The highest BCUT2D eigenvalue weighted by molar-refractivity contribution is 5.51. The van der Waals surface area contributed by atoms with Crippen molar-refractivity contribution >= 4 is 0 Å². The van der Waals surface area contributed by atoms with Gasteiger partial charge in [0.1, 0.15) is 0 Å². The van der Waals surface area contributed by atoms with Gasteiger partial charge < -0.3 is 14.2 Å². The first kappa shape index (κ1) is 16.9. The van der Waals surface area contributed by atoms with Crippen molar-refractivity contribution in [1.29, 1.82) is 0 Å². The highest BCUT2D eigenvalue weighted by atomic mass is 16.5. The van der Waals surface area contributed by atoms with Crippen LogP contribution in [0.5, 0.6) is 17.2 Å². The Morgan fingerprint density at radius 1 is 0.714 bits per heavy atom. The van der Waals surface area contributed by atoms with Gasteiger partial charge in [0.05, 0.1) is 19.8 Å². The standard InChI is InChI=1S/C18H24O3/c1-4-7-13-19-16-11-10-12-17(20-14-8-5-2)18(16)21-15-9-6-3/h4-6,10-12H,1-3,7-9,13-15H2. The third-order valence-electron chi connectivity index (χ3n) is 2.67. The van der Waals surface area contributed by atoms with Crippen LogP contribution < -0.4 is 14.2 Å². The summed E-state index contributed by atoms with van der Waals surface area (Å²) in [5, 5.41) is 0. The van der Waals surface area contributed by atoms with E-state index >= 15 is 0 Å². The summed E-state index contributed by atoms with van der Waals surface area (Å²) >= 11 is 0. The van der Waals surface area contributed by atoms with Gasteiger partial charge in [-0.3, -0.25) is 0 Å². The Morgan fingerprint density at radius 3 is 1.57 bits per heavy atom. The molecule has 0 aliphatic carbocycles. The molecular weight excluding hydrogens is 264 g/mol. The minimum atomic E-state index is 0.545. The van der Waals surface area contributed by atoms with Gasteiger partial charge in [0.2, 0.25) is 5.75 Å². The van der Waals surface area contributed by atoms with E-state index in [1.54, 1.807) is 0 Å². The summed E-state index contributed by atoms with van der Waals surface area (Å²) in [5.74, 6) is 2.03. The van der Waals surface area contributed by atoms with E-state index < -0.39 is 0 Å². The molecule has 0 fully saturated rings. The van der Waals surface area contributed by atoms with Crippen LogP contribution in [0.25, 0.3) is 0 Å². The molecular formula is C18H24O3. The van der Waals surface area contributed by atoms with Gasteiger partial charge >= 0.3 is 0 Å². The maximum atomic E-state index is 5.80. The zero-order valence-corrected chi connectivity index (χ0v) is 12.6. The molecule has 1 rings (SSSR count). The third kappa shape index (κ3) is 6.21. The van der Waals surface area contributed by atoms with Gasteiger partial charge in [-0.25, -0.2) is 0 Å². The van der Waals surface area contributed by atoms with Crippen LogP contribution in [0, 0.1) is 0 Å². The molecule has 3 heteroatoms. The van der Waals surface area contributed by atoms with E-state index in [-0.39, 0.29) is 0 Å². The van der Waals surface area contributed by atoms with Crippen molar-refractivity contribution in [2.24, 2.45) is 0 Å². The van der Waals surface area contributed by atoms with Crippen molar-refractivity contribution < 1.29 is 14.2 Å². The lowest BCUT2D eigenvalue weighted by molar-refractivity contribution is 0.248. The van der Waals surface area contributed by atoms with Crippen LogP contribution in [0.4, 0.5) is 0 Å². The molecule has 0 aromatic heterocycles. The lowest BCUT2D eigenvalue weighted by Crippen LogP contribution is -2.05. The Kier molecular flexibility index (Phi) is 8.53. The Hall–Kier alpha value is -2.16. The summed E-state index contributed by atoms with van der Waals surface area (Å²) in [6, 6.07) is 5.66. The van der Waals surface area contributed by atoms with Crippen molar-refractivity contribution in [2.75, 3.05) is 19.8 Å². The number of para-hydroxylation sites is 1. The average Bonchev–Trinajstić information content (AvgIpc) is 2.50. The quantitative estimate of drug-likeness (QED) is 0.417. The molecule has 0 aliphatic heterocycles. The number of ether oxygens (including phenoxy) is 3. The summed E-state index contributed by atoms with van der Waals surface area (Å²) in [5.41, 5.74) is 0. The molecule has 0 aliphatic rings. The fraction of sp³-hybridized carbons (Fsp3) is 0.333. The lowest BCUT2D eigenvalue weighted by Gasteiger charge is -2.16. The second-order valence-electron chi connectivity index (χ2n) is 4.36. The van der Waals surface area contributed by atoms with E-state index in [2.05, 4.69) is 19.7 Å². The SMILES string of the molecule is C=CCCOc1cccc(OCCC=C)c1OCCC=C. The molecule has 0 saturated heterocycles. The predicted octanol–water partition coefficient (Wildman–Crippen LogP) is 4.55. The number of hydrogen-bond acceptors (Lipinski definition) is 3. The molecule has 21 heavy (non-hydrogen) atoms. The number of benzene rings is 1. The summed E-state index contributed by atoms with van der Waals surface area (Å²) in [7, 11) is 0. The van der Waals surface area contributed by atoms with Crippen LogP contribution in [0.3, 0.4) is 0 Å². The Morgan fingerprint density at radius 2 is 1.14 bits per heavy atom. The molecule has 0 bridgehead atoms. The van der Waals surface area contributed by atoms with Crippen LogP contribution in [-0.2, 0) is 0 Å². The van der Waals surface area contributed by atoms with Crippen LogP contribution in [-0.4, -0.2) is 19.8 Å². The van der Waals surface area contributed by atoms with E-state index in [1.807, 2.05) is 36.4 Å². The van der Waals surface area contributed by atoms with Crippen LogP contribution in [0.15, 0.2) is 56.2 Å². The maximum Gasteiger partial charge on any atom is 0.203 e. The molecule has 1 aromatic carbocycles. The summed E-state index contributed by atoms with van der Waals surface area (Å²) < 4.78 is 17.3. The molecule has 0 saturated carbocycles. The van der Waals surface area contributed by atoms with Gasteiger partial charge in [0.15, 0.2) is 11.5 Å². The number of hydrogen-bond donors (Lipinski definition) is 0. The minimum Gasteiger partial charge on any atom is -0.489 e. The van der Waals surface area contributed by atoms with Crippen molar-refractivity contribution in [2.45, 2.75) is 19.3 Å². The van der Waals surface area contributed by atoms with E-state index in [1.165, 1.54) is 0 Å². The molecule has 0 atom stereocenters. The second-order valence-corrected chi connectivity index (χ2v) is 4.36. The van der Waals surface area contributed by atoms with Gasteiger partial charge in [-0.2, -0.15) is 0 Å². The monoisotopic (exact) mass is 288 g/mol. The molecule has 0 radical (unpaired) electrons. The highest BCUT2D eigenvalue weighted by Crippen LogP contribution is 2.37. The third-order valence-corrected chi connectivity index (χ3v) is 2.67. The van der Waals surface area contributed by atoms with Crippen LogP contribution in [0.1, 0.15) is 19.3 Å². The van der Waals surface area contributed by atoms with Gasteiger partial charge in [0, 0.05) is 0 Å². The van der Waals surface area contributed by atoms with E-state index in [4.69, 9.17) is 14.2 Å². The molecule has 0 heterocycles. The predicted molar refractivity (Wildman–Crippen MR) is 87.4 cm³/mol. The van der Waals surface area contributed by atoms with Gasteiger partial charge in [0.25, 0.3) is 0 Å². The molecule has 0 spiro atoms. The fourth-order valence-electron chi connectivity index (χ4n) is 1.61. The van der Waals surface area contributed by atoms with Gasteiger partial charge in [-0.05, 0) is 31.4 Å². The van der Waals surface area contributed by atoms with Crippen molar-refractivity contribution in [3.05, 3.63) is 56.2 Å². The zero-order chi connectivity index (χ0) is 15.3. The molecule has 114 valence electrons. The van der Waals surface area contributed by atoms with E-state index in [9.17, 15) is 0 Å². The van der Waals surface area contributed by atoms with E-state index in [0.717, 1.165) is 19.3 Å². The van der Waals surface area contributed by atoms with Crippen molar-refractivity contribution in [1.82, 2.24) is 0 Å². The second kappa shape index (κ2) is 10.6. The van der Waals surface area contributed by atoms with Crippen LogP contribution in [0.2, 0.25) is 0 Å².